The zero-order valence-electron chi connectivity index (χ0n) is 13.7. The number of likely N-dealkylation sites (tertiary alicyclic amines) is 1. The second-order valence-electron chi connectivity index (χ2n) is 6.33. The molecule has 2 aromatic rings. The second kappa shape index (κ2) is 7.44. The molecular formula is C19H20F4N2. The largest absolute Gasteiger partial charge is 0.416 e. The minimum atomic E-state index is -4.33. The molecule has 0 atom stereocenters. The van der Waals surface area contributed by atoms with Crippen LogP contribution in [0.5, 0.6) is 0 Å². The summed E-state index contributed by atoms with van der Waals surface area (Å²) in [5.74, 6) is -0.288. The molecule has 2 aromatic carbocycles. The average molecular weight is 352 g/mol. The highest BCUT2D eigenvalue weighted by Crippen LogP contribution is 2.32. The number of nitrogens with one attached hydrogen (secondary N) is 1. The molecule has 0 bridgehead atoms. The van der Waals surface area contributed by atoms with E-state index in [1.54, 1.807) is 24.3 Å². The van der Waals surface area contributed by atoms with Crippen molar-refractivity contribution in [2.24, 2.45) is 0 Å². The Balaban J connectivity index is 1.58. The number of hydrogen-bond acceptors (Lipinski definition) is 2. The van der Waals surface area contributed by atoms with Crippen LogP contribution in [-0.4, -0.2) is 24.0 Å². The summed E-state index contributed by atoms with van der Waals surface area (Å²) in [5.41, 5.74) is 0.209. The van der Waals surface area contributed by atoms with Gasteiger partial charge in [-0.2, -0.15) is 13.2 Å². The molecule has 0 unspecified atom stereocenters. The molecule has 1 fully saturated rings. The molecule has 134 valence electrons. The lowest BCUT2D eigenvalue weighted by molar-refractivity contribution is -0.138. The van der Waals surface area contributed by atoms with Crippen molar-refractivity contribution in [1.82, 2.24) is 4.90 Å². The maximum atomic E-state index is 13.7. The van der Waals surface area contributed by atoms with E-state index >= 15 is 0 Å². The van der Waals surface area contributed by atoms with Gasteiger partial charge in [-0.1, -0.05) is 30.3 Å². The summed E-state index contributed by atoms with van der Waals surface area (Å²) in [6, 6.07) is 12.4. The Bertz CT molecular complexity index is 707. The Kier molecular flexibility index (Phi) is 5.27. The second-order valence-corrected chi connectivity index (χ2v) is 6.33. The van der Waals surface area contributed by atoms with Crippen molar-refractivity contribution in [3.8, 4) is 0 Å². The van der Waals surface area contributed by atoms with Crippen molar-refractivity contribution in [3.63, 3.8) is 0 Å². The minimum Gasteiger partial charge on any atom is -0.380 e. The number of hydrogen-bond donors (Lipinski definition) is 1. The standard InChI is InChI=1S/C19H20F4N2/c20-17-7-3-4-8-18(17)24-15-9-11-25(12-10-15)13-14-5-1-2-6-16(14)19(21,22)23/h1-8,15,24H,9-13H2. The lowest BCUT2D eigenvalue weighted by atomic mass is 10.0. The van der Waals surface area contributed by atoms with Gasteiger partial charge in [-0.05, 0) is 36.6 Å². The van der Waals surface area contributed by atoms with Gasteiger partial charge >= 0.3 is 6.18 Å². The Morgan fingerprint density at radius 3 is 2.28 bits per heavy atom. The van der Waals surface area contributed by atoms with Gasteiger partial charge in [0.25, 0.3) is 0 Å². The number of halogens is 4. The van der Waals surface area contributed by atoms with E-state index in [1.807, 2.05) is 4.90 Å². The average Bonchev–Trinajstić information content (AvgIpc) is 2.58. The van der Waals surface area contributed by atoms with Gasteiger partial charge in [-0.3, -0.25) is 4.90 Å². The Morgan fingerprint density at radius 2 is 1.60 bits per heavy atom. The lowest BCUT2D eigenvalue weighted by Gasteiger charge is -2.33. The SMILES string of the molecule is Fc1ccccc1NC1CCN(Cc2ccccc2C(F)(F)F)CC1. The van der Waals surface area contributed by atoms with E-state index in [0.717, 1.165) is 18.9 Å². The highest BCUT2D eigenvalue weighted by Gasteiger charge is 2.33. The summed E-state index contributed by atoms with van der Waals surface area (Å²) in [6.07, 6.45) is -2.80. The van der Waals surface area contributed by atoms with Crippen LogP contribution >= 0.6 is 0 Å². The van der Waals surface area contributed by atoms with Gasteiger partial charge in [0.2, 0.25) is 0 Å². The lowest BCUT2D eigenvalue weighted by Crippen LogP contribution is -2.39. The van der Waals surface area contributed by atoms with Crippen LogP contribution in [0, 0.1) is 5.82 Å². The summed E-state index contributed by atoms with van der Waals surface area (Å²) in [5, 5.41) is 3.19. The van der Waals surface area contributed by atoms with Crippen molar-refractivity contribution >= 4 is 5.69 Å². The van der Waals surface area contributed by atoms with Gasteiger partial charge in [0.05, 0.1) is 11.3 Å². The molecule has 1 aliphatic rings. The fourth-order valence-corrected chi connectivity index (χ4v) is 3.21. The van der Waals surface area contributed by atoms with Crippen molar-refractivity contribution in [2.75, 3.05) is 18.4 Å². The van der Waals surface area contributed by atoms with Crippen LogP contribution in [0.3, 0.4) is 0 Å². The van der Waals surface area contributed by atoms with Crippen LogP contribution in [0.1, 0.15) is 24.0 Å². The molecule has 1 saturated heterocycles. The Hall–Kier alpha value is -2.08. The van der Waals surface area contributed by atoms with E-state index in [2.05, 4.69) is 5.32 Å². The van der Waals surface area contributed by atoms with Gasteiger partial charge in [0.1, 0.15) is 5.82 Å². The van der Waals surface area contributed by atoms with Crippen LogP contribution in [0.15, 0.2) is 48.5 Å². The molecule has 0 aromatic heterocycles. The number of benzene rings is 2. The van der Waals surface area contributed by atoms with Crippen molar-refractivity contribution in [1.29, 1.82) is 0 Å². The minimum absolute atomic E-state index is 0.131. The number of rotatable bonds is 4. The predicted molar refractivity (Wildman–Crippen MR) is 89.8 cm³/mol. The molecule has 1 N–H and O–H groups in total. The fourth-order valence-electron chi connectivity index (χ4n) is 3.21. The summed E-state index contributed by atoms with van der Waals surface area (Å²) in [6.45, 7) is 1.64. The van der Waals surface area contributed by atoms with Crippen LogP contribution in [-0.2, 0) is 12.7 Å². The van der Waals surface area contributed by atoms with E-state index in [4.69, 9.17) is 0 Å². The monoisotopic (exact) mass is 352 g/mol. The van der Waals surface area contributed by atoms with Gasteiger partial charge in [-0.15, -0.1) is 0 Å². The first kappa shape index (κ1) is 17.7. The van der Waals surface area contributed by atoms with Gasteiger partial charge in [0.15, 0.2) is 0 Å². The molecular weight excluding hydrogens is 332 g/mol. The molecule has 1 aliphatic heterocycles. The first-order valence-corrected chi connectivity index (χ1v) is 8.32. The summed E-state index contributed by atoms with van der Waals surface area (Å²) < 4.78 is 52.9. The summed E-state index contributed by atoms with van der Waals surface area (Å²) in [4.78, 5) is 2.02. The van der Waals surface area contributed by atoms with Crippen LogP contribution in [0.4, 0.5) is 23.2 Å². The van der Waals surface area contributed by atoms with Crippen molar-refractivity contribution in [2.45, 2.75) is 31.6 Å². The third-order valence-corrected chi connectivity index (χ3v) is 4.54. The van der Waals surface area contributed by atoms with E-state index in [0.29, 0.717) is 24.3 Å². The summed E-state index contributed by atoms with van der Waals surface area (Å²) >= 11 is 0. The third-order valence-electron chi connectivity index (χ3n) is 4.54. The first-order valence-electron chi connectivity index (χ1n) is 8.32. The van der Waals surface area contributed by atoms with Gasteiger partial charge in [0, 0.05) is 25.7 Å². The number of anilines is 1. The van der Waals surface area contributed by atoms with Gasteiger partial charge < -0.3 is 5.32 Å². The van der Waals surface area contributed by atoms with E-state index in [9.17, 15) is 17.6 Å². The van der Waals surface area contributed by atoms with Crippen LogP contribution < -0.4 is 5.32 Å². The molecule has 0 radical (unpaired) electrons. The summed E-state index contributed by atoms with van der Waals surface area (Å²) in [7, 11) is 0. The van der Waals surface area contributed by atoms with Crippen LogP contribution in [0.2, 0.25) is 0 Å². The maximum absolute atomic E-state index is 13.7. The van der Waals surface area contributed by atoms with Crippen molar-refractivity contribution in [3.05, 3.63) is 65.5 Å². The zero-order valence-corrected chi connectivity index (χ0v) is 13.7. The molecule has 3 rings (SSSR count). The van der Waals surface area contributed by atoms with Gasteiger partial charge in [-0.25, -0.2) is 4.39 Å². The molecule has 2 nitrogen and oxygen atoms in total. The zero-order chi connectivity index (χ0) is 17.9. The Labute approximate surface area is 144 Å². The van der Waals surface area contributed by atoms with Crippen molar-refractivity contribution < 1.29 is 17.6 Å². The van der Waals surface area contributed by atoms with E-state index in [-0.39, 0.29) is 18.4 Å². The molecule has 0 aliphatic carbocycles. The topological polar surface area (TPSA) is 15.3 Å². The molecule has 0 amide bonds. The predicted octanol–water partition coefficient (Wildman–Crippen LogP) is 4.92. The third kappa shape index (κ3) is 4.51. The molecule has 1 heterocycles. The molecule has 6 heteroatoms. The maximum Gasteiger partial charge on any atom is 0.416 e. The Morgan fingerprint density at radius 1 is 0.960 bits per heavy atom. The molecule has 0 saturated carbocycles. The number of alkyl halides is 3. The smallest absolute Gasteiger partial charge is 0.380 e. The first-order chi connectivity index (χ1) is 11.9. The quantitative estimate of drug-likeness (QED) is 0.786. The highest BCUT2D eigenvalue weighted by atomic mass is 19.4. The highest BCUT2D eigenvalue weighted by molar-refractivity contribution is 5.45. The number of para-hydroxylation sites is 1. The van der Waals surface area contributed by atoms with E-state index in [1.165, 1.54) is 18.2 Å². The fraction of sp³-hybridized carbons (Fsp3) is 0.368. The molecule has 0 spiro atoms. The van der Waals surface area contributed by atoms with E-state index < -0.39 is 11.7 Å². The molecule has 25 heavy (non-hydrogen) atoms. The normalized spacial score (nSPS) is 16.8. The number of nitrogens with zero attached hydrogens (tertiary/aromatic N) is 1. The van der Waals surface area contributed by atoms with Crippen LogP contribution in [0.25, 0.3) is 0 Å². The number of piperidine rings is 1.